The molecule has 0 radical (unpaired) electrons. The summed E-state index contributed by atoms with van der Waals surface area (Å²) in [5.74, 6) is 0.895. The maximum absolute atomic E-state index is 11.9. The zero-order valence-corrected chi connectivity index (χ0v) is 16.0. The number of carbonyl (C=O) groups is 1. The number of ether oxygens (including phenoxy) is 1. The van der Waals surface area contributed by atoms with Gasteiger partial charge in [-0.25, -0.2) is 9.55 Å². The van der Waals surface area contributed by atoms with Crippen LogP contribution < -0.4 is 26.3 Å². The highest BCUT2D eigenvalue weighted by Crippen LogP contribution is 2.15. The number of hydrogen-bond acceptors (Lipinski definition) is 4. The number of rotatable bonds is 9. The van der Waals surface area contributed by atoms with E-state index in [1.807, 2.05) is 37.0 Å². The minimum atomic E-state index is 0. The van der Waals surface area contributed by atoms with E-state index in [-0.39, 0.29) is 29.4 Å². The molecular weight excluding hydrogens is 376 g/mol. The summed E-state index contributed by atoms with van der Waals surface area (Å²) in [5.41, 5.74) is 2.94. The first-order valence-corrected chi connectivity index (χ1v) is 8.59. The van der Waals surface area contributed by atoms with Crippen molar-refractivity contribution in [2.45, 2.75) is 46.1 Å². The van der Waals surface area contributed by atoms with Gasteiger partial charge >= 0.3 is 0 Å². The molecule has 0 aromatic carbocycles. The van der Waals surface area contributed by atoms with E-state index in [9.17, 15) is 4.79 Å². The Morgan fingerprint density at radius 3 is 2.70 bits per heavy atom. The van der Waals surface area contributed by atoms with E-state index in [2.05, 4.69) is 16.5 Å². The Morgan fingerprint density at radius 1 is 1.35 bits per heavy atom. The molecule has 2 heterocycles. The molecule has 0 unspecified atom stereocenters. The van der Waals surface area contributed by atoms with Gasteiger partial charge in [0.1, 0.15) is 18.9 Å². The number of carbonyl (C=O) groups excluding carboxylic acids is 1. The Morgan fingerprint density at radius 2 is 2.09 bits per heavy atom. The third-order valence-electron chi connectivity index (χ3n) is 3.45. The molecule has 0 aliphatic rings. The molecule has 2 aromatic rings. The van der Waals surface area contributed by atoms with Crippen LogP contribution >= 0.6 is 11.3 Å². The molecule has 0 aliphatic carbocycles. The first kappa shape index (κ1) is 19.8. The average molecular weight is 399 g/mol. The highest BCUT2D eigenvalue weighted by molar-refractivity contribution is 7.09. The number of aromatic nitrogens is 2. The lowest BCUT2D eigenvalue weighted by molar-refractivity contribution is -0.697. The van der Waals surface area contributed by atoms with Gasteiger partial charge in [-0.15, -0.1) is 11.3 Å². The van der Waals surface area contributed by atoms with Gasteiger partial charge < -0.3 is 21.7 Å². The highest BCUT2D eigenvalue weighted by Gasteiger charge is 2.07. The quantitative estimate of drug-likeness (QED) is 0.563. The summed E-state index contributed by atoms with van der Waals surface area (Å²) in [6, 6.07) is 3.81. The molecule has 0 saturated carbocycles. The van der Waals surface area contributed by atoms with Crippen LogP contribution in [-0.4, -0.2) is 17.4 Å². The molecule has 126 valence electrons. The fourth-order valence-corrected chi connectivity index (χ4v) is 3.02. The van der Waals surface area contributed by atoms with E-state index in [0.717, 1.165) is 37.3 Å². The van der Waals surface area contributed by atoms with Gasteiger partial charge in [-0.05, 0) is 19.8 Å². The van der Waals surface area contributed by atoms with Crippen LogP contribution in [0, 0.1) is 6.92 Å². The average Bonchev–Trinajstić information content (AvgIpc) is 2.92. The topological polar surface area (TPSA) is 43.1 Å². The summed E-state index contributed by atoms with van der Waals surface area (Å²) in [7, 11) is 0. The summed E-state index contributed by atoms with van der Waals surface area (Å²) < 4.78 is 7.64. The smallest absolute Gasteiger partial charge is 0.172 e. The Kier molecular flexibility index (Phi) is 9.02. The molecule has 23 heavy (non-hydrogen) atoms. The minimum absolute atomic E-state index is 0. The molecule has 2 aromatic heterocycles. The second-order valence-electron chi connectivity index (χ2n) is 5.31. The Bertz CT molecular complexity index is 599. The number of nitrogens with zero attached hydrogens (tertiary/aromatic N) is 2. The zero-order valence-electron chi connectivity index (χ0n) is 13.6. The second kappa shape index (κ2) is 10.5. The van der Waals surface area contributed by atoms with E-state index in [1.165, 1.54) is 4.88 Å². The maximum atomic E-state index is 11.9. The third kappa shape index (κ3) is 6.79. The van der Waals surface area contributed by atoms with Crippen LogP contribution in [0.5, 0.6) is 5.75 Å². The molecule has 0 bridgehead atoms. The molecule has 2 rings (SSSR count). The van der Waals surface area contributed by atoms with Crippen LogP contribution in [0.1, 0.15) is 36.8 Å². The van der Waals surface area contributed by atoms with Crippen molar-refractivity contribution < 1.29 is 31.1 Å². The summed E-state index contributed by atoms with van der Waals surface area (Å²) >= 11 is 1.66. The number of halogens is 1. The molecule has 4 nitrogen and oxygen atoms in total. The van der Waals surface area contributed by atoms with Gasteiger partial charge in [0.15, 0.2) is 18.2 Å². The van der Waals surface area contributed by atoms with Crippen LogP contribution in [0.2, 0.25) is 0 Å². The lowest BCUT2D eigenvalue weighted by atomic mass is 10.1. The van der Waals surface area contributed by atoms with Gasteiger partial charge in [0.2, 0.25) is 0 Å². The minimum Gasteiger partial charge on any atom is -1.00 e. The molecule has 0 fully saturated rings. The lowest BCUT2D eigenvalue weighted by Gasteiger charge is -2.05. The van der Waals surface area contributed by atoms with Crippen molar-refractivity contribution in [2.75, 3.05) is 6.61 Å². The predicted octanol–water partition coefficient (Wildman–Crippen LogP) is 0.124. The van der Waals surface area contributed by atoms with Crippen LogP contribution in [0.25, 0.3) is 0 Å². The van der Waals surface area contributed by atoms with E-state index < -0.39 is 0 Å². The highest BCUT2D eigenvalue weighted by atomic mass is 79.9. The largest absolute Gasteiger partial charge is 1.00 e. The number of Topliss-reactive ketones (excluding diaryl/α,β-unsaturated/α-hetero) is 1. The van der Waals surface area contributed by atoms with Gasteiger partial charge in [0.25, 0.3) is 0 Å². The standard InChI is InChI=1S/C17H23N2O2S.BrH/c1-3-9-19-10-7-16(8-11-19)21-12-15(20)5-4-6-17-14(2)18-13-22-17;/h7-8,10-11,13H,3-6,9,12H2,1-2H3;1H/q+1;/p-1. The monoisotopic (exact) mass is 398 g/mol. The van der Waals surface area contributed by atoms with Crippen LogP contribution in [0.4, 0.5) is 0 Å². The predicted molar refractivity (Wildman–Crippen MR) is 87.2 cm³/mol. The Hall–Kier alpha value is -1.27. The fourth-order valence-electron chi connectivity index (χ4n) is 2.20. The van der Waals surface area contributed by atoms with Crippen LogP contribution in [0.3, 0.4) is 0 Å². The summed E-state index contributed by atoms with van der Waals surface area (Å²) in [4.78, 5) is 17.3. The van der Waals surface area contributed by atoms with Crippen LogP contribution in [0.15, 0.2) is 30.0 Å². The van der Waals surface area contributed by atoms with Crippen molar-refractivity contribution in [3.05, 3.63) is 40.6 Å². The van der Waals surface area contributed by atoms with Crippen molar-refractivity contribution >= 4 is 17.1 Å². The number of ketones is 1. The maximum Gasteiger partial charge on any atom is 0.172 e. The van der Waals surface area contributed by atoms with Crippen molar-refractivity contribution in [3.8, 4) is 5.75 Å². The summed E-state index contributed by atoms with van der Waals surface area (Å²) in [5, 5.41) is 0. The van der Waals surface area contributed by atoms with Crippen molar-refractivity contribution in [3.63, 3.8) is 0 Å². The number of thiazole rings is 1. The fraction of sp³-hybridized carbons (Fsp3) is 0.471. The van der Waals surface area contributed by atoms with E-state index in [1.54, 1.807) is 11.3 Å². The van der Waals surface area contributed by atoms with Gasteiger partial charge in [-0.1, -0.05) is 6.92 Å². The molecule has 6 heteroatoms. The summed E-state index contributed by atoms with van der Waals surface area (Å²) in [6.45, 7) is 5.30. The van der Waals surface area contributed by atoms with E-state index >= 15 is 0 Å². The first-order valence-electron chi connectivity index (χ1n) is 7.71. The normalized spacial score (nSPS) is 10.2. The summed E-state index contributed by atoms with van der Waals surface area (Å²) in [6.07, 6.45) is 7.40. The number of hydrogen-bond donors (Lipinski definition) is 0. The molecule has 0 amide bonds. The van der Waals surface area contributed by atoms with Gasteiger partial charge in [-0.2, -0.15) is 0 Å². The molecule has 0 saturated heterocycles. The third-order valence-corrected chi connectivity index (χ3v) is 4.44. The second-order valence-corrected chi connectivity index (χ2v) is 6.25. The Labute approximate surface area is 152 Å². The Balaban J connectivity index is 0.00000264. The first-order chi connectivity index (χ1) is 10.7. The number of aryl methyl sites for hydroxylation is 3. The molecule has 0 aliphatic heterocycles. The molecule has 0 atom stereocenters. The van der Waals surface area contributed by atoms with Crippen molar-refractivity contribution in [1.82, 2.24) is 4.98 Å². The zero-order chi connectivity index (χ0) is 15.8. The SMILES string of the molecule is CCC[n+]1ccc(OCC(=O)CCCc2scnc2C)cc1.[Br-]. The van der Waals surface area contributed by atoms with Gasteiger partial charge in [-0.3, -0.25) is 4.79 Å². The van der Waals surface area contributed by atoms with E-state index in [4.69, 9.17) is 4.74 Å². The van der Waals surface area contributed by atoms with Gasteiger partial charge in [0.05, 0.1) is 11.2 Å². The van der Waals surface area contributed by atoms with Crippen LogP contribution in [-0.2, 0) is 17.8 Å². The molecular formula is C17H23BrN2O2S. The lowest BCUT2D eigenvalue weighted by Crippen LogP contribution is -3.00. The number of pyridine rings is 1. The van der Waals surface area contributed by atoms with Crippen molar-refractivity contribution in [1.29, 1.82) is 0 Å². The van der Waals surface area contributed by atoms with E-state index in [0.29, 0.717) is 6.42 Å². The van der Waals surface area contributed by atoms with Crippen molar-refractivity contribution in [2.24, 2.45) is 0 Å². The molecule has 0 N–H and O–H groups in total. The molecule has 0 spiro atoms. The van der Waals surface area contributed by atoms with Gasteiger partial charge in [0, 0.05) is 29.9 Å².